The highest BCUT2D eigenvalue weighted by Gasteiger charge is 2.17. The summed E-state index contributed by atoms with van der Waals surface area (Å²) in [5, 5.41) is 0.587. The Morgan fingerprint density at radius 2 is 2.10 bits per heavy atom. The van der Waals surface area contributed by atoms with Crippen LogP contribution in [0.25, 0.3) is 0 Å². The first kappa shape index (κ1) is 15.1. The van der Waals surface area contributed by atoms with E-state index < -0.39 is 0 Å². The van der Waals surface area contributed by atoms with Gasteiger partial charge in [0.25, 0.3) is 5.91 Å². The highest BCUT2D eigenvalue weighted by Crippen LogP contribution is 2.20. The van der Waals surface area contributed by atoms with Gasteiger partial charge in [-0.2, -0.15) is 0 Å². The van der Waals surface area contributed by atoms with E-state index in [2.05, 4.69) is 15.9 Å². The minimum absolute atomic E-state index is 0.0329. The lowest BCUT2D eigenvalue weighted by molar-refractivity contribution is 0.0774. The molecule has 106 valence electrons. The van der Waals surface area contributed by atoms with Gasteiger partial charge < -0.3 is 9.47 Å². The molecule has 5 heteroatoms. The number of carbonyl (C=O) groups is 1. The third-order valence-electron chi connectivity index (χ3n) is 3.14. The van der Waals surface area contributed by atoms with Crippen LogP contribution in [0, 0.1) is 0 Å². The average molecular weight is 356 g/mol. The molecule has 0 aliphatic carbocycles. The number of aryl methyl sites for hydroxylation is 1. The second-order valence-corrected chi connectivity index (χ2v) is 5.87. The molecule has 0 N–H and O–H groups in total. The van der Waals surface area contributed by atoms with E-state index in [4.69, 9.17) is 11.6 Å². The van der Waals surface area contributed by atoms with Crippen molar-refractivity contribution in [1.29, 1.82) is 0 Å². The Hall–Kier alpha value is -1.26. The number of hydrogen-bond acceptors (Lipinski definition) is 1. The molecule has 1 amide bonds. The summed E-state index contributed by atoms with van der Waals surface area (Å²) in [4.78, 5) is 14.2. The van der Waals surface area contributed by atoms with Gasteiger partial charge in [-0.1, -0.05) is 45.7 Å². The van der Waals surface area contributed by atoms with Crippen molar-refractivity contribution in [2.45, 2.75) is 20.0 Å². The summed E-state index contributed by atoms with van der Waals surface area (Å²) in [7, 11) is 1.79. The quantitative estimate of drug-likeness (QED) is 0.807. The molecule has 1 aromatic heterocycles. The van der Waals surface area contributed by atoms with Crippen LogP contribution in [0.3, 0.4) is 0 Å². The van der Waals surface area contributed by atoms with Crippen molar-refractivity contribution in [2.24, 2.45) is 0 Å². The molecule has 0 atom stereocenters. The molecule has 20 heavy (non-hydrogen) atoms. The maximum atomic E-state index is 12.5. The van der Waals surface area contributed by atoms with Crippen LogP contribution in [0.4, 0.5) is 0 Å². The van der Waals surface area contributed by atoms with Crippen molar-refractivity contribution in [1.82, 2.24) is 9.47 Å². The van der Waals surface area contributed by atoms with Gasteiger partial charge in [-0.3, -0.25) is 4.79 Å². The van der Waals surface area contributed by atoms with Gasteiger partial charge in [0.15, 0.2) is 0 Å². The zero-order valence-corrected chi connectivity index (χ0v) is 13.8. The summed E-state index contributed by atoms with van der Waals surface area (Å²) < 4.78 is 2.87. The second kappa shape index (κ2) is 6.46. The zero-order chi connectivity index (χ0) is 14.7. The van der Waals surface area contributed by atoms with Crippen molar-refractivity contribution in [2.75, 3.05) is 7.05 Å². The van der Waals surface area contributed by atoms with Gasteiger partial charge in [0.2, 0.25) is 0 Å². The highest BCUT2D eigenvalue weighted by molar-refractivity contribution is 9.10. The van der Waals surface area contributed by atoms with Crippen molar-refractivity contribution in [3.8, 4) is 0 Å². The van der Waals surface area contributed by atoms with Gasteiger partial charge in [-0.25, -0.2) is 0 Å². The maximum absolute atomic E-state index is 12.5. The van der Waals surface area contributed by atoms with Crippen LogP contribution < -0.4 is 0 Å². The predicted molar refractivity (Wildman–Crippen MR) is 85.1 cm³/mol. The van der Waals surface area contributed by atoms with E-state index in [0.29, 0.717) is 17.3 Å². The van der Waals surface area contributed by atoms with Gasteiger partial charge in [0.05, 0.1) is 5.02 Å². The Bertz CT molecular complexity index is 624. The van der Waals surface area contributed by atoms with E-state index in [0.717, 1.165) is 16.6 Å². The number of rotatable bonds is 4. The molecule has 0 radical (unpaired) electrons. The summed E-state index contributed by atoms with van der Waals surface area (Å²) in [5.41, 5.74) is 1.69. The van der Waals surface area contributed by atoms with Crippen LogP contribution in [0.1, 0.15) is 23.0 Å². The van der Waals surface area contributed by atoms with Crippen molar-refractivity contribution >= 4 is 33.4 Å². The van der Waals surface area contributed by atoms with Crippen molar-refractivity contribution < 1.29 is 4.79 Å². The molecule has 3 nitrogen and oxygen atoms in total. The lowest BCUT2D eigenvalue weighted by atomic mass is 10.2. The molecule has 0 bridgehead atoms. The molecule has 0 aliphatic heterocycles. The fourth-order valence-electron chi connectivity index (χ4n) is 2.06. The second-order valence-electron chi connectivity index (χ2n) is 4.58. The number of benzene rings is 1. The summed E-state index contributed by atoms with van der Waals surface area (Å²) in [6, 6.07) is 9.60. The minimum atomic E-state index is -0.0329. The van der Waals surface area contributed by atoms with Gasteiger partial charge in [-0.15, -0.1) is 0 Å². The maximum Gasteiger partial charge on any atom is 0.270 e. The van der Waals surface area contributed by atoms with Crippen LogP contribution in [-0.2, 0) is 13.1 Å². The van der Waals surface area contributed by atoms with Crippen LogP contribution in [0.2, 0.25) is 5.02 Å². The molecule has 0 fully saturated rings. The molecule has 1 heterocycles. The number of nitrogens with zero attached hydrogens (tertiary/aromatic N) is 2. The summed E-state index contributed by atoms with van der Waals surface area (Å²) in [6.45, 7) is 3.25. The predicted octanol–water partition coefficient (Wildman–Crippen LogP) is 4.20. The Balaban J connectivity index is 2.18. The van der Waals surface area contributed by atoms with E-state index >= 15 is 0 Å². The van der Waals surface area contributed by atoms with Crippen LogP contribution in [0.5, 0.6) is 0 Å². The number of halogens is 2. The van der Waals surface area contributed by atoms with E-state index in [1.807, 2.05) is 35.8 Å². The molecule has 2 aromatic rings. The summed E-state index contributed by atoms with van der Waals surface area (Å²) in [6.07, 6.45) is 1.78. The lowest BCUT2D eigenvalue weighted by Gasteiger charge is -2.19. The fourth-order valence-corrected chi connectivity index (χ4v) is 2.70. The molecule has 0 spiro atoms. The molecule has 0 aliphatic rings. The zero-order valence-electron chi connectivity index (χ0n) is 11.4. The van der Waals surface area contributed by atoms with Crippen molar-refractivity contribution in [3.63, 3.8) is 0 Å². The average Bonchev–Trinajstić information content (AvgIpc) is 2.81. The Kier molecular flexibility index (Phi) is 4.89. The molecule has 2 rings (SSSR count). The summed E-state index contributed by atoms with van der Waals surface area (Å²) in [5.74, 6) is -0.0329. The van der Waals surface area contributed by atoms with Gasteiger partial charge in [0, 0.05) is 30.8 Å². The first-order chi connectivity index (χ1) is 9.52. The Morgan fingerprint density at radius 1 is 1.40 bits per heavy atom. The van der Waals surface area contributed by atoms with E-state index in [1.165, 1.54) is 0 Å². The normalized spacial score (nSPS) is 10.6. The topological polar surface area (TPSA) is 25.2 Å². The Morgan fingerprint density at radius 3 is 2.75 bits per heavy atom. The molecule has 0 saturated carbocycles. The monoisotopic (exact) mass is 354 g/mol. The molecular formula is C15H16BrClN2O. The van der Waals surface area contributed by atoms with Gasteiger partial charge in [0.1, 0.15) is 5.69 Å². The number of hydrogen-bond donors (Lipinski definition) is 0. The van der Waals surface area contributed by atoms with Crippen LogP contribution >= 0.6 is 27.5 Å². The number of amides is 1. The molecular weight excluding hydrogens is 340 g/mol. The number of aromatic nitrogens is 1. The van der Waals surface area contributed by atoms with Gasteiger partial charge in [-0.05, 0) is 24.6 Å². The van der Waals surface area contributed by atoms with E-state index in [1.54, 1.807) is 24.2 Å². The first-order valence-corrected chi connectivity index (χ1v) is 7.54. The van der Waals surface area contributed by atoms with Crippen LogP contribution in [-0.4, -0.2) is 22.4 Å². The van der Waals surface area contributed by atoms with E-state index in [9.17, 15) is 4.79 Å². The van der Waals surface area contributed by atoms with Crippen LogP contribution in [0.15, 0.2) is 41.0 Å². The lowest BCUT2D eigenvalue weighted by Crippen LogP contribution is -2.28. The first-order valence-electron chi connectivity index (χ1n) is 6.37. The third-order valence-corrected chi connectivity index (χ3v) is 4.12. The molecule has 0 unspecified atom stereocenters. The summed E-state index contributed by atoms with van der Waals surface area (Å²) >= 11 is 9.48. The molecule has 1 aromatic carbocycles. The molecule has 0 saturated heterocycles. The van der Waals surface area contributed by atoms with Gasteiger partial charge >= 0.3 is 0 Å². The van der Waals surface area contributed by atoms with E-state index in [-0.39, 0.29) is 5.91 Å². The fraction of sp³-hybridized carbons (Fsp3) is 0.267. The van der Waals surface area contributed by atoms with Crippen molar-refractivity contribution in [3.05, 3.63) is 57.3 Å². The third kappa shape index (κ3) is 3.25. The number of carbonyl (C=O) groups excluding carboxylic acids is 1. The Labute approximate surface area is 132 Å². The highest BCUT2D eigenvalue weighted by atomic mass is 79.9. The smallest absolute Gasteiger partial charge is 0.270 e. The largest absolute Gasteiger partial charge is 0.342 e. The SMILES string of the molecule is CCn1cc(Cl)cc1C(=O)N(C)Cc1ccccc1Br. The minimum Gasteiger partial charge on any atom is -0.342 e. The standard InChI is InChI=1S/C15H16BrClN2O/c1-3-19-10-12(17)8-14(19)15(20)18(2)9-11-6-4-5-7-13(11)16/h4-8,10H,3,9H2,1-2H3.